The molecule has 1 N–H and O–H groups in total. The lowest BCUT2D eigenvalue weighted by atomic mass is 9.63. The smallest absolute Gasteiger partial charge is 0.339 e. The van der Waals surface area contributed by atoms with Crippen LogP contribution in [-0.4, -0.2) is 34.1 Å². The molecule has 2 fully saturated rings. The number of nitrogens with zero attached hydrogens (tertiary/aromatic N) is 3. The van der Waals surface area contributed by atoms with Crippen LogP contribution in [0.25, 0.3) is 11.3 Å². The highest BCUT2D eigenvalue weighted by molar-refractivity contribution is 7.87. The molecule has 0 unspecified atom stereocenters. The minimum Gasteiger partial charge on any atom is -0.386 e. The van der Waals surface area contributed by atoms with Crippen LogP contribution < -0.4 is 4.18 Å². The molecule has 42 heavy (non-hydrogen) atoms. The van der Waals surface area contributed by atoms with Gasteiger partial charge in [-0.1, -0.05) is 65.4 Å². The van der Waals surface area contributed by atoms with E-state index >= 15 is 0 Å². The van der Waals surface area contributed by atoms with Gasteiger partial charge in [0.05, 0.1) is 18.3 Å². The minimum absolute atomic E-state index is 0.0261. The average Bonchev–Trinajstić information content (AvgIpc) is 3.58. The highest BCUT2D eigenvalue weighted by atomic mass is 32.2. The Bertz CT molecular complexity index is 1830. The molecular formula is C34H35N3O4S. The molecule has 7 rings (SSSR count). The van der Waals surface area contributed by atoms with Crippen molar-refractivity contribution in [2.24, 2.45) is 5.41 Å². The number of fused-ring (bicyclic) bond motifs is 3. The Morgan fingerprint density at radius 2 is 1.71 bits per heavy atom. The van der Waals surface area contributed by atoms with Gasteiger partial charge in [-0.05, 0) is 98.2 Å². The molecule has 3 aliphatic carbocycles. The third-order valence-electron chi connectivity index (χ3n) is 10.0. The fourth-order valence-corrected chi connectivity index (χ4v) is 8.86. The van der Waals surface area contributed by atoms with Gasteiger partial charge in [-0.15, -0.1) is 5.10 Å². The van der Waals surface area contributed by atoms with E-state index in [9.17, 15) is 13.5 Å². The van der Waals surface area contributed by atoms with Crippen LogP contribution in [0.3, 0.4) is 0 Å². The van der Waals surface area contributed by atoms with E-state index < -0.39 is 15.7 Å². The average molecular weight is 582 g/mol. The highest BCUT2D eigenvalue weighted by Gasteiger charge is 2.64. The monoisotopic (exact) mass is 581 g/mol. The fraction of sp³-hybridized carbons (Fsp3) is 0.353. The number of aliphatic hydroxyl groups is 1. The molecule has 3 aliphatic rings. The molecule has 0 saturated heterocycles. The second kappa shape index (κ2) is 9.38. The summed E-state index contributed by atoms with van der Waals surface area (Å²) in [4.78, 5) is 0.125. The van der Waals surface area contributed by atoms with E-state index in [1.807, 2.05) is 42.9 Å². The summed E-state index contributed by atoms with van der Waals surface area (Å²) in [5.41, 5.74) is 6.90. The van der Waals surface area contributed by atoms with Crippen molar-refractivity contribution >= 4 is 10.1 Å². The SMILES string of the molecule is C=C1C[C@]23C[C@@]1(O)CC[C@H]2c1ccc(OS(=O)(=O)c2ccc(C)cc2)c(C)c1[C@@H]3Cn1cc(-c2ccc(C)cc2)nn1. The van der Waals surface area contributed by atoms with E-state index in [0.29, 0.717) is 25.1 Å². The molecule has 3 aromatic carbocycles. The molecule has 2 saturated carbocycles. The van der Waals surface area contributed by atoms with Crippen molar-refractivity contribution in [2.45, 2.75) is 75.3 Å². The van der Waals surface area contributed by atoms with Gasteiger partial charge in [0.25, 0.3) is 0 Å². The van der Waals surface area contributed by atoms with E-state index in [-0.39, 0.29) is 22.1 Å². The Hall–Kier alpha value is -3.75. The normalized spacial score (nSPS) is 26.2. The number of hydrogen-bond acceptors (Lipinski definition) is 6. The van der Waals surface area contributed by atoms with Crippen molar-refractivity contribution in [2.75, 3.05) is 0 Å². The Labute approximate surface area is 247 Å². The summed E-state index contributed by atoms with van der Waals surface area (Å²) in [7, 11) is -4.02. The van der Waals surface area contributed by atoms with Crippen LogP contribution in [0.4, 0.5) is 0 Å². The molecule has 1 spiro atoms. The molecule has 1 heterocycles. The predicted octanol–water partition coefficient (Wildman–Crippen LogP) is 6.38. The van der Waals surface area contributed by atoms with Crippen LogP contribution in [-0.2, 0) is 16.7 Å². The summed E-state index contributed by atoms with van der Waals surface area (Å²) < 4.78 is 34.2. The van der Waals surface area contributed by atoms with Crippen molar-refractivity contribution in [3.8, 4) is 17.0 Å². The molecule has 0 aliphatic heterocycles. The van der Waals surface area contributed by atoms with Crippen molar-refractivity contribution in [3.63, 3.8) is 0 Å². The number of rotatable bonds is 6. The standard InChI is InChI=1S/C34H35N3O4S/c1-21-5-9-25(10-6-21)30-19-37(36-35-30)18-29-32-24(4)31(41-42(39,40)26-11-7-22(2)8-12-26)14-13-27(32)28-15-16-34(38)20-33(28,29)17-23(34)3/h5-14,19,28-29,38H,3,15-18,20H2,1-2,4H3/t28-,29-,33-,34-/m0/s1. The molecule has 0 amide bonds. The Morgan fingerprint density at radius 3 is 2.43 bits per heavy atom. The largest absolute Gasteiger partial charge is 0.386 e. The van der Waals surface area contributed by atoms with Crippen molar-refractivity contribution < 1.29 is 17.7 Å². The minimum atomic E-state index is -4.02. The van der Waals surface area contributed by atoms with Gasteiger partial charge in [0.1, 0.15) is 16.3 Å². The molecule has 4 atom stereocenters. The first-order valence-electron chi connectivity index (χ1n) is 14.5. The van der Waals surface area contributed by atoms with E-state index in [4.69, 9.17) is 4.18 Å². The van der Waals surface area contributed by atoms with E-state index in [2.05, 4.69) is 35.9 Å². The Kier molecular flexibility index (Phi) is 6.05. The van der Waals surface area contributed by atoms with Gasteiger partial charge < -0.3 is 9.29 Å². The first-order chi connectivity index (χ1) is 20.0. The summed E-state index contributed by atoms with van der Waals surface area (Å²) in [5, 5.41) is 20.5. The molecule has 2 bridgehead atoms. The van der Waals surface area contributed by atoms with Gasteiger partial charge in [-0.25, -0.2) is 0 Å². The van der Waals surface area contributed by atoms with E-state index in [1.165, 1.54) is 11.1 Å². The predicted molar refractivity (Wildman–Crippen MR) is 161 cm³/mol. The second-order valence-electron chi connectivity index (χ2n) is 12.6. The zero-order valence-electron chi connectivity index (χ0n) is 24.2. The number of aromatic nitrogens is 3. The van der Waals surface area contributed by atoms with Gasteiger partial charge >= 0.3 is 10.1 Å². The second-order valence-corrected chi connectivity index (χ2v) is 14.1. The summed E-state index contributed by atoms with van der Waals surface area (Å²) in [6.07, 6.45) is 4.88. The maximum Gasteiger partial charge on any atom is 0.339 e. The quantitative estimate of drug-likeness (QED) is 0.210. The third-order valence-corrected chi connectivity index (χ3v) is 11.3. The molecule has 216 valence electrons. The lowest BCUT2D eigenvalue weighted by molar-refractivity contribution is 0.00370. The topological polar surface area (TPSA) is 94.3 Å². The van der Waals surface area contributed by atoms with E-state index in [1.54, 1.807) is 30.3 Å². The van der Waals surface area contributed by atoms with Crippen LogP contribution >= 0.6 is 0 Å². The van der Waals surface area contributed by atoms with Gasteiger partial charge in [0, 0.05) is 11.5 Å². The molecule has 7 nitrogen and oxygen atoms in total. The van der Waals surface area contributed by atoms with Crippen LogP contribution in [0.5, 0.6) is 5.75 Å². The highest BCUT2D eigenvalue weighted by Crippen LogP contribution is 2.72. The Balaban J connectivity index is 1.30. The molecule has 8 heteroatoms. The summed E-state index contributed by atoms with van der Waals surface area (Å²) >= 11 is 0. The van der Waals surface area contributed by atoms with Crippen LogP contribution in [0, 0.1) is 26.2 Å². The van der Waals surface area contributed by atoms with Crippen molar-refractivity contribution in [1.29, 1.82) is 0 Å². The fourth-order valence-electron chi connectivity index (χ4n) is 7.88. The van der Waals surface area contributed by atoms with E-state index in [0.717, 1.165) is 46.4 Å². The van der Waals surface area contributed by atoms with Gasteiger partial charge in [-0.2, -0.15) is 8.42 Å². The van der Waals surface area contributed by atoms with Crippen LogP contribution in [0.1, 0.15) is 65.3 Å². The third kappa shape index (κ3) is 4.14. The number of hydrogen-bond donors (Lipinski definition) is 1. The maximum atomic E-state index is 13.3. The van der Waals surface area contributed by atoms with Crippen molar-refractivity contribution in [1.82, 2.24) is 15.0 Å². The molecule has 1 aromatic heterocycles. The Morgan fingerprint density at radius 1 is 1.02 bits per heavy atom. The summed E-state index contributed by atoms with van der Waals surface area (Å²) in [6.45, 7) is 10.8. The lowest BCUT2D eigenvalue weighted by Crippen LogP contribution is -2.39. The zero-order valence-corrected chi connectivity index (χ0v) is 25.0. The summed E-state index contributed by atoms with van der Waals surface area (Å²) in [5.74, 6) is 0.542. The molecule has 0 radical (unpaired) electrons. The maximum absolute atomic E-state index is 13.3. The van der Waals surface area contributed by atoms with Crippen LogP contribution in [0.2, 0.25) is 0 Å². The van der Waals surface area contributed by atoms with Crippen molar-refractivity contribution in [3.05, 3.63) is 107 Å². The lowest BCUT2D eigenvalue weighted by Gasteiger charge is -2.42. The summed E-state index contributed by atoms with van der Waals surface area (Å²) in [6, 6.07) is 18.7. The van der Waals surface area contributed by atoms with Gasteiger partial charge in [-0.3, -0.25) is 4.68 Å². The first kappa shape index (κ1) is 27.1. The number of benzene rings is 3. The van der Waals surface area contributed by atoms with Crippen LogP contribution in [0.15, 0.2) is 83.9 Å². The first-order valence-corrected chi connectivity index (χ1v) is 15.9. The van der Waals surface area contributed by atoms with Gasteiger partial charge in [0.2, 0.25) is 0 Å². The molecular weight excluding hydrogens is 546 g/mol. The van der Waals surface area contributed by atoms with Gasteiger partial charge in [0.15, 0.2) is 0 Å². The molecule has 4 aromatic rings. The zero-order chi connectivity index (χ0) is 29.4. The number of aryl methyl sites for hydroxylation is 2.